The van der Waals surface area contributed by atoms with Gasteiger partial charge >= 0.3 is 0 Å². The number of carbonyl (C=O) groups excluding carboxylic acids is 1. The van der Waals surface area contributed by atoms with E-state index in [1.54, 1.807) is 4.90 Å². The van der Waals surface area contributed by atoms with E-state index in [0.717, 1.165) is 24.2 Å². The largest absolute Gasteiger partial charge is 0.390 e. The summed E-state index contributed by atoms with van der Waals surface area (Å²) < 4.78 is 0. The zero-order chi connectivity index (χ0) is 19.8. The normalized spacial score (nSPS) is 15.9. The van der Waals surface area contributed by atoms with Gasteiger partial charge in [0.05, 0.1) is 6.10 Å². The number of benzene rings is 2. The van der Waals surface area contributed by atoms with Gasteiger partial charge in [-0.25, -0.2) is 0 Å². The second kappa shape index (κ2) is 10.2. The molecule has 146 valence electrons. The van der Waals surface area contributed by atoms with Crippen LogP contribution in [0.5, 0.6) is 0 Å². The van der Waals surface area contributed by atoms with Crippen molar-refractivity contribution in [3.63, 3.8) is 0 Å². The molecule has 0 spiro atoms. The van der Waals surface area contributed by atoms with Gasteiger partial charge in [0, 0.05) is 38.3 Å². The van der Waals surface area contributed by atoms with Crippen molar-refractivity contribution in [2.24, 2.45) is 0 Å². The van der Waals surface area contributed by atoms with Crippen LogP contribution in [0.15, 0.2) is 48.5 Å². The Labute approximate surface area is 163 Å². The molecule has 0 bridgehead atoms. The van der Waals surface area contributed by atoms with Gasteiger partial charge in [-0.15, -0.1) is 0 Å². The molecular weight excluding hydrogens is 336 g/mol. The molecule has 1 N–H and O–H groups in total. The third-order valence-corrected chi connectivity index (χ3v) is 4.70. The number of hydrogen-bond acceptors (Lipinski definition) is 3. The first-order chi connectivity index (χ1) is 13.2. The number of hydrogen-bond donors (Lipinski definition) is 1. The maximum Gasteiger partial charge on any atom is 0.254 e. The summed E-state index contributed by atoms with van der Waals surface area (Å²) in [6.45, 7) is 11.3. The zero-order valence-corrected chi connectivity index (χ0v) is 17.0. The number of carbonyl (C=O) groups is 1. The van der Waals surface area contributed by atoms with Crippen LogP contribution in [0.25, 0.3) is 0 Å². The van der Waals surface area contributed by atoms with E-state index < -0.39 is 6.10 Å². The van der Waals surface area contributed by atoms with Crippen molar-refractivity contribution in [3.05, 3.63) is 70.8 Å². The number of rotatable bonds is 4. The minimum Gasteiger partial charge on any atom is -0.390 e. The number of β-amino-alcohol motifs (C(OH)–C–C–N with tert-alkyl or cyclic N) is 1. The van der Waals surface area contributed by atoms with Crippen molar-refractivity contribution in [2.75, 3.05) is 13.1 Å². The monoisotopic (exact) mass is 368 g/mol. The van der Waals surface area contributed by atoms with Crippen LogP contribution in [0, 0.1) is 0 Å². The van der Waals surface area contributed by atoms with Gasteiger partial charge in [0.15, 0.2) is 0 Å². The van der Waals surface area contributed by atoms with Crippen molar-refractivity contribution < 1.29 is 9.90 Å². The summed E-state index contributed by atoms with van der Waals surface area (Å²) in [5.74, 6) is 0.0318. The highest BCUT2D eigenvalue weighted by molar-refractivity contribution is 5.98. The molecule has 1 amide bonds. The number of aliphatic hydroxyl groups excluding tert-OH is 1. The van der Waals surface area contributed by atoms with Gasteiger partial charge in [0.1, 0.15) is 0 Å². The van der Waals surface area contributed by atoms with Gasteiger partial charge < -0.3 is 10.0 Å². The van der Waals surface area contributed by atoms with E-state index in [1.165, 1.54) is 11.1 Å². The minimum absolute atomic E-state index is 0.0318. The lowest BCUT2D eigenvalue weighted by molar-refractivity contribution is 0.0540. The molecule has 4 heteroatoms. The highest BCUT2D eigenvalue weighted by atomic mass is 16.3. The highest BCUT2D eigenvalue weighted by Gasteiger charge is 2.29. The first kappa shape index (κ1) is 21.1. The highest BCUT2D eigenvalue weighted by Crippen LogP contribution is 2.24. The standard InChI is InChI=1S/C19H20N2O2.2C2H6/c22-17(12-20-9-14-5-1-2-6-15(14)10-20)13-21-11-16-7-3-4-8-18(16)19(21)23;2*1-2/h1-8,17,22H,9-13H2;2*1-2H3. The molecule has 0 radical (unpaired) electrons. The average Bonchev–Trinajstić information content (AvgIpc) is 3.25. The molecule has 1 atom stereocenters. The van der Waals surface area contributed by atoms with Gasteiger partial charge in [-0.3, -0.25) is 9.69 Å². The fourth-order valence-corrected chi connectivity index (χ4v) is 3.61. The molecule has 2 aromatic carbocycles. The molecule has 0 aliphatic carbocycles. The zero-order valence-electron chi connectivity index (χ0n) is 17.0. The maximum atomic E-state index is 12.3. The average molecular weight is 369 g/mol. The Bertz CT molecular complexity index is 720. The number of amides is 1. The van der Waals surface area contributed by atoms with Crippen molar-refractivity contribution in [2.45, 2.75) is 53.4 Å². The molecule has 27 heavy (non-hydrogen) atoms. The lowest BCUT2D eigenvalue weighted by atomic mass is 10.1. The molecule has 0 saturated carbocycles. The van der Waals surface area contributed by atoms with Gasteiger partial charge in [0.2, 0.25) is 0 Å². The first-order valence-electron chi connectivity index (χ1n) is 10.0. The number of fused-ring (bicyclic) bond motifs is 2. The van der Waals surface area contributed by atoms with Gasteiger partial charge in [0.25, 0.3) is 5.91 Å². The Kier molecular flexibility index (Phi) is 8.01. The summed E-state index contributed by atoms with van der Waals surface area (Å²) >= 11 is 0. The molecule has 4 nitrogen and oxygen atoms in total. The van der Waals surface area contributed by atoms with Crippen LogP contribution in [0.4, 0.5) is 0 Å². The van der Waals surface area contributed by atoms with Crippen molar-refractivity contribution in [1.82, 2.24) is 9.80 Å². The van der Waals surface area contributed by atoms with E-state index >= 15 is 0 Å². The van der Waals surface area contributed by atoms with E-state index in [-0.39, 0.29) is 5.91 Å². The van der Waals surface area contributed by atoms with Crippen molar-refractivity contribution in [3.8, 4) is 0 Å². The summed E-state index contributed by atoms with van der Waals surface area (Å²) in [5, 5.41) is 10.4. The summed E-state index contributed by atoms with van der Waals surface area (Å²) in [6.07, 6.45) is -0.525. The Morgan fingerprint density at radius 3 is 1.89 bits per heavy atom. The van der Waals surface area contributed by atoms with E-state index in [1.807, 2.05) is 52.0 Å². The van der Waals surface area contributed by atoms with Crippen LogP contribution in [0.3, 0.4) is 0 Å². The Morgan fingerprint density at radius 1 is 0.815 bits per heavy atom. The molecule has 0 aromatic heterocycles. The molecule has 2 aliphatic rings. The predicted molar refractivity (Wildman–Crippen MR) is 110 cm³/mol. The third kappa shape index (κ3) is 4.96. The second-order valence-electron chi connectivity index (χ2n) is 6.43. The lowest BCUT2D eigenvalue weighted by Gasteiger charge is -2.24. The van der Waals surface area contributed by atoms with Crippen LogP contribution in [-0.4, -0.2) is 40.0 Å². The maximum absolute atomic E-state index is 12.3. The van der Waals surface area contributed by atoms with Crippen molar-refractivity contribution in [1.29, 1.82) is 0 Å². The Hall–Kier alpha value is -2.17. The van der Waals surface area contributed by atoms with E-state index in [9.17, 15) is 9.90 Å². The second-order valence-corrected chi connectivity index (χ2v) is 6.43. The summed E-state index contributed by atoms with van der Waals surface area (Å²) in [5.41, 5.74) is 4.50. The van der Waals surface area contributed by atoms with Crippen LogP contribution in [0.2, 0.25) is 0 Å². The van der Waals surface area contributed by atoms with E-state index in [4.69, 9.17) is 0 Å². The van der Waals surface area contributed by atoms with Gasteiger partial charge in [-0.1, -0.05) is 70.2 Å². The van der Waals surface area contributed by atoms with Crippen molar-refractivity contribution >= 4 is 5.91 Å². The van der Waals surface area contributed by atoms with Crippen LogP contribution >= 0.6 is 0 Å². The SMILES string of the molecule is CC.CC.O=C1c2ccccc2CN1CC(O)CN1Cc2ccccc2C1. The third-order valence-electron chi connectivity index (χ3n) is 4.70. The smallest absolute Gasteiger partial charge is 0.254 e. The van der Waals surface area contributed by atoms with E-state index in [0.29, 0.717) is 19.6 Å². The summed E-state index contributed by atoms with van der Waals surface area (Å²) in [4.78, 5) is 16.3. The molecule has 4 rings (SSSR count). The molecule has 2 aromatic rings. The molecule has 0 fully saturated rings. The molecule has 2 aliphatic heterocycles. The quantitative estimate of drug-likeness (QED) is 0.885. The summed E-state index contributed by atoms with van der Waals surface area (Å²) in [6, 6.07) is 16.1. The van der Waals surface area contributed by atoms with Gasteiger partial charge in [-0.05, 0) is 22.8 Å². The fourth-order valence-electron chi connectivity index (χ4n) is 3.61. The predicted octanol–water partition coefficient (Wildman–Crippen LogP) is 4.07. The van der Waals surface area contributed by atoms with Crippen LogP contribution in [-0.2, 0) is 19.6 Å². The molecular formula is C23H32N2O2. The Balaban J connectivity index is 0.000000614. The van der Waals surface area contributed by atoms with E-state index in [2.05, 4.69) is 29.2 Å². The molecule has 0 saturated heterocycles. The van der Waals surface area contributed by atoms with Crippen LogP contribution < -0.4 is 0 Å². The van der Waals surface area contributed by atoms with Gasteiger partial charge in [-0.2, -0.15) is 0 Å². The fraction of sp³-hybridized carbons (Fsp3) is 0.435. The Morgan fingerprint density at radius 2 is 1.33 bits per heavy atom. The molecule has 1 unspecified atom stereocenters. The molecule has 2 heterocycles. The first-order valence-corrected chi connectivity index (χ1v) is 10.0. The van der Waals surface area contributed by atoms with Crippen LogP contribution in [0.1, 0.15) is 54.7 Å². The minimum atomic E-state index is -0.525. The topological polar surface area (TPSA) is 43.8 Å². The number of aliphatic hydroxyl groups is 1. The number of nitrogens with zero attached hydrogens (tertiary/aromatic N) is 2. The lowest BCUT2D eigenvalue weighted by Crippen LogP contribution is -2.38. The summed E-state index contributed by atoms with van der Waals surface area (Å²) in [7, 11) is 0.